The van der Waals surface area contributed by atoms with Gasteiger partial charge in [-0.05, 0) is 98.3 Å². The SMILES string of the molecule is C.C[C@]12Cc3cnn(-c4ccc(F)nc4)c3C=C1CC[C@@H]1[C@@H]2[C@@H](O)C[C@@]2(C)[C@H]1CC[C@]2(OC(=O)[C@H]1CCCO1)C(=O)SCC#N. The second kappa shape index (κ2) is 11.6. The van der Waals surface area contributed by atoms with Crippen molar-refractivity contribution in [1.82, 2.24) is 14.8 Å². The number of rotatable bonds is 5. The van der Waals surface area contributed by atoms with Gasteiger partial charge in [0, 0.05) is 12.0 Å². The third kappa shape index (κ3) is 4.78. The molecule has 4 fully saturated rings. The summed E-state index contributed by atoms with van der Waals surface area (Å²) in [4.78, 5) is 31.1. The fourth-order valence-electron chi connectivity index (χ4n) is 9.63. The lowest BCUT2D eigenvalue weighted by Gasteiger charge is -2.60. The average molecular weight is 637 g/mol. The molecule has 2 aromatic heterocycles. The standard InChI is InChI=1S/C33H37FN4O5S.CH4/c1-31-15-19-17-37-38(21-6-8-27(34)36-18-21)24(19)14-20(31)5-7-22-23-9-10-33(30(41)44-13-11-35,32(23,2)16-25(39)28(22)31)43-29(40)26-4-3-12-42-26;/h6,8,14,17-18,22-23,25-26,28,39H,3-5,7,9-10,12-13,15-16H2,1-2H3;1H4/t22-,23-,25-,26+,28+,31-,32-,33-;/m0./s1. The van der Waals surface area contributed by atoms with Crippen molar-refractivity contribution in [3.05, 3.63) is 47.3 Å². The summed E-state index contributed by atoms with van der Waals surface area (Å²) in [6.07, 6.45) is 9.25. The van der Waals surface area contributed by atoms with Crippen molar-refractivity contribution in [2.24, 2.45) is 28.6 Å². The van der Waals surface area contributed by atoms with Gasteiger partial charge in [0.15, 0.2) is 11.7 Å². The maximum absolute atomic E-state index is 13.9. The van der Waals surface area contributed by atoms with E-state index in [9.17, 15) is 24.3 Å². The number of hydrogen-bond acceptors (Lipinski definition) is 9. The molecule has 3 saturated carbocycles. The van der Waals surface area contributed by atoms with E-state index in [1.54, 1.807) is 10.7 Å². The number of aliphatic hydroxyl groups excluding tert-OH is 1. The second-order valence-electron chi connectivity index (χ2n) is 13.6. The van der Waals surface area contributed by atoms with Gasteiger partial charge in [0.05, 0.1) is 41.7 Å². The van der Waals surface area contributed by atoms with Crippen molar-refractivity contribution in [3.8, 4) is 11.8 Å². The Balaban J connectivity index is 0.00000357. The highest BCUT2D eigenvalue weighted by Crippen LogP contribution is 2.69. The quantitative estimate of drug-likeness (QED) is 0.337. The molecule has 1 N–H and O–H groups in total. The summed E-state index contributed by atoms with van der Waals surface area (Å²) in [6.45, 7) is 4.75. The van der Waals surface area contributed by atoms with Crippen LogP contribution in [0.3, 0.4) is 0 Å². The number of halogens is 1. The Morgan fingerprint density at radius 3 is 2.80 bits per heavy atom. The third-order valence-electron chi connectivity index (χ3n) is 11.6. The van der Waals surface area contributed by atoms with E-state index in [4.69, 9.17) is 9.47 Å². The Morgan fingerprint density at radius 1 is 1.27 bits per heavy atom. The number of carbonyl (C=O) groups excluding carboxylic acids is 2. The van der Waals surface area contributed by atoms with Crippen LogP contribution in [0.25, 0.3) is 11.8 Å². The minimum absolute atomic E-state index is 0. The molecule has 0 aromatic carbocycles. The van der Waals surface area contributed by atoms with E-state index in [1.807, 2.05) is 19.2 Å². The Morgan fingerprint density at radius 2 is 2.09 bits per heavy atom. The van der Waals surface area contributed by atoms with Crippen LogP contribution in [-0.4, -0.2) is 61.1 Å². The predicted octanol–water partition coefficient (Wildman–Crippen LogP) is 5.44. The van der Waals surface area contributed by atoms with Gasteiger partial charge in [0.2, 0.25) is 11.1 Å². The van der Waals surface area contributed by atoms with Gasteiger partial charge in [-0.1, -0.05) is 38.6 Å². The first kappa shape index (κ1) is 31.9. The van der Waals surface area contributed by atoms with Crippen molar-refractivity contribution in [2.45, 2.75) is 90.4 Å². The van der Waals surface area contributed by atoms with Crippen LogP contribution in [0.4, 0.5) is 4.39 Å². The van der Waals surface area contributed by atoms with Gasteiger partial charge in [0.25, 0.3) is 0 Å². The van der Waals surface area contributed by atoms with E-state index < -0.39 is 35.1 Å². The largest absolute Gasteiger partial charge is 0.448 e. The van der Waals surface area contributed by atoms with E-state index in [-0.39, 0.29) is 41.5 Å². The van der Waals surface area contributed by atoms with Gasteiger partial charge in [-0.25, -0.2) is 14.5 Å². The molecular weight excluding hydrogens is 595 g/mol. The van der Waals surface area contributed by atoms with Gasteiger partial charge in [-0.3, -0.25) is 4.79 Å². The zero-order valence-electron chi connectivity index (χ0n) is 25.0. The number of hydrogen-bond donors (Lipinski definition) is 1. The summed E-state index contributed by atoms with van der Waals surface area (Å²) < 4.78 is 27.2. The first-order valence-corrected chi connectivity index (χ1v) is 16.6. The van der Waals surface area contributed by atoms with E-state index in [1.165, 1.54) is 17.8 Å². The maximum Gasteiger partial charge on any atom is 0.336 e. The molecule has 7 rings (SSSR count). The van der Waals surface area contributed by atoms with Crippen LogP contribution in [0.1, 0.15) is 77.5 Å². The molecular formula is C34H41FN4O5S. The summed E-state index contributed by atoms with van der Waals surface area (Å²) in [6, 6.07) is 5.03. The lowest BCUT2D eigenvalue weighted by molar-refractivity contribution is -0.202. The maximum atomic E-state index is 13.9. The molecule has 0 spiro atoms. The van der Waals surface area contributed by atoms with E-state index >= 15 is 0 Å². The van der Waals surface area contributed by atoms with Gasteiger partial charge < -0.3 is 14.6 Å². The monoisotopic (exact) mass is 636 g/mol. The van der Waals surface area contributed by atoms with Gasteiger partial charge in [-0.2, -0.15) is 14.8 Å². The van der Waals surface area contributed by atoms with Crippen LogP contribution in [-0.2, 0) is 25.5 Å². The first-order valence-electron chi connectivity index (χ1n) is 15.6. The molecule has 0 amide bonds. The average Bonchev–Trinajstić information content (AvgIpc) is 3.73. The van der Waals surface area contributed by atoms with E-state index in [0.717, 1.165) is 42.3 Å². The molecule has 240 valence electrons. The van der Waals surface area contributed by atoms with Crippen LogP contribution >= 0.6 is 11.8 Å². The van der Waals surface area contributed by atoms with Crippen LogP contribution in [0.15, 0.2) is 30.1 Å². The highest BCUT2D eigenvalue weighted by molar-refractivity contribution is 8.14. The predicted molar refractivity (Wildman–Crippen MR) is 166 cm³/mol. The number of allylic oxidation sites excluding steroid dienone is 1. The number of aliphatic hydroxyl groups is 1. The van der Waals surface area contributed by atoms with Crippen molar-refractivity contribution in [2.75, 3.05) is 12.4 Å². The smallest absolute Gasteiger partial charge is 0.336 e. The lowest BCUT2D eigenvalue weighted by Crippen LogP contribution is -2.63. The molecule has 0 radical (unpaired) electrons. The number of carbonyl (C=O) groups is 2. The van der Waals surface area contributed by atoms with Crippen molar-refractivity contribution in [3.63, 3.8) is 0 Å². The number of esters is 1. The molecule has 1 aliphatic heterocycles. The Kier molecular flexibility index (Phi) is 8.24. The highest BCUT2D eigenvalue weighted by Gasteiger charge is 2.71. The lowest BCUT2D eigenvalue weighted by atomic mass is 9.45. The molecule has 2 aromatic rings. The molecule has 8 atom stereocenters. The van der Waals surface area contributed by atoms with Crippen molar-refractivity contribution >= 4 is 28.9 Å². The molecule has 5 aliphatic rings. The number of ether oxygens (including phenoxy) is 2. The van der Waals surface area contributed by atoms with Crippen LogP contribution < -0.4 is 0 Å². The number of nitrogens with zero attached hydrogens (tertiary/aromatic N) is 4. The summed E-state index contributed by atoms with van der Waals surface area (Å²) in [5.41, 5.74) is 1.46. The van der Waals surface area contributed by atoms with E-state index in [2.05, 4.69) is 23.1 Å². The summed E-state index contributed by atoms with van der Waals surface area (Å²) in [5.74, 6) is -0.936. The summed E-state index contributed by atoms with van der Waals surface area (Å²) in [7, 11) is 0. The first-order chi connectivity index (χ1) is 21.1. The Bertz CT molecular complexity index is 1560. The van der Waals surface area contributed by atoms with Crippen LogP contribution in [0, 0.1) is 45.9 Å². The molecule has 11 heteroatoms. The van der Waals surface area contributed by atoms with Crippen molar-refractivity contribution < 1.29 is 28.6 Å². The Labute approximate surface area is 267 Å². The number of thioether (sulfide) groups is 1. The normalized spacial score (nSPS) is 36.3. The molecule has 0 bridgehead atoms. The Hall–Kier alpha value is -3.07. The molecule has 9 nitrogen and oxygen atoms in total. The fraction of sp³-hybridized carbons (Fsp3) is 0.618. The summed E-state index contributed by atoms with van der Waals surface area (Å²) in [5, 5.41) is 25.7. The highest BCUT2D eigenvalue weighted by atomic mass is 32.2. The molecule has 0 unspecified atom stereocenters. The van der Waals surface area contributed by atoms with Crippen LogP contribution in [0.5, 0.6) is 0 Å². The van der Waals surface area contributed by atoms with Crippen molar-refractivity contribution in [1.29, 1.82) is 5.26 Å². The second-order valence-corrected chi connectivity index (χ2v) is 14.6. The molecule has 3 heterocycles. The zero-order valence-corrected chi connectivity index (χ0v) is 25.8. The van der Waals surface area contributed by atoms with E-state index in [0.29, 0.717) is 44.4 Å². The zero-order chi connectivity index (χ0) is 30.9. The molecule has 4 aliphatic carbocycles. The number of fused-ring (bicyclic) bond motifs is 6. The minimum Gasteiger partial charge on any atom is -0.448 e. The molecule has 1 saturated heterocycles. The topological polar surface area (TPSA) is 127 Å². The third-order valence-corrected chi connectivity index (χ3v) is 12.4. The van der Waals surface area contributed by atoms with Gasteiger partial charge >= 0.3 is 5.97 Å². The van der Waals surface area contributed by atoms with Crippen LogP contribution in [0.2, 0.25) is 0 Å². The number of pyridine rings is 1. The molecule has 45 heavy (non-hydrogen) atoms. The van der Waals surface area contributed by atoms with Gasteiger partial charge in [-0.15, -0.1) is 0 Å². The summed E-state index contributed by atoms with van der Waals surface area (Å²) >= 11 is 0.910. The number of nitriles is 1. The minimum atomic E-state index is -1.42. The van der Waals surface area contributed by atoms with Gasteiger partial charge in [0.1, 0.15) is 0 Å². The number of aromatic nitrogens is 3. The fourth-order valence-corrected chi connectivity index (χ4v) is 10.4.